The summed E-state index contributed by atoms with van der Waals surface area (Å²) < 4.78 is 0. The molecular formula is C23H26ClN3OS. The maximum absolute atomic E-state index is 13.5. The highest BCUT2D eigenvalue weighted by Gasteiger charge is 2.37. The molecule has 1 amide bonds. The number of aromatic nitrogens is 1. The standard InChI is InChI=1S/C23H25N3OS.ClH/c1-23(2)15-26(14-13-18(23)24)22(27)20-19(16-9-5-3-6-10-16)25-21(28-20)17-11-7-4-8-12-17;/h3-12,18H,13-15,24H2,1-2H3;1H. The van der Waals surface area contributed by atoms with Gasteiger partial charge in [-0.2, -0.15) is 0 Å². The lowest BCUT2D eigenvalue weighted by atomic mass is 9.79. The minimum atomic E-state index is -0.0895. The van der Waals surface area contributed by atoms with Crippen molar-refractivity contribution >= 4 is 29.7 Å². The molecule has 2 N–H and O–H groups in total. The molecule has 4 rings (SSSR count). The molecule has 4 nitrogen and oxygen atoms in total. The van der Waals surface area contributed by atoms with Crippen molar-refractivity contribution in [2.24, 2.45) is 11.1 Å². The highest BCUT2D eigenvalue weighted by atomic mass is 35.5. The van der Waals surface area contributed by atoms with E-state index in [1.54, 1.807) is 0 Å². The zero-order valence-corrected chi connectivity index (χ0v) is 18.3. The molecule has 0 radical (unpaired) electrons. The summed E-state index contributed by atoms with van der Waals surface area (Å²) in [4.78, 5) is 21.0. The van der Waals surface area contributed by atoms with Crippen molar-refractivity contribution < 1.29 is 4.79 Å². The number of rotatable bonds is 3. The monoisotopic (exact) mass is 427 g/mol. The van der Waals surface area contributed by atoms with Crippen molar-refractivity contribution in [3.63, 3.8) is 0 Å². The first-order chi connectivity index (χ1) is 13.5. The van der Waals surface area contributed by atoms with E-state index in [0.717, 1.165) is 28.2 Å². The Kier molecular flexibility index (Phi) is 6.42. The predicted octanol–water partition coefficient (Wildman–Crippen LogP) is 5.10. The Balaban J connectivity index is 0.00000240. The summed E-state index contributed by atoms with van der Waals surface area (Å²) in [6.45, 7) is 5.63. The summed E-state index contributed by atoms with van der Waals surface area (Å²) in [5, 5.41) is 0.871. The predicted molar refractivity (Wildman–Crippen MR) is 123 cm³/mol. The number of halogens is 1. The molecule has 1 saturated heterocycles. The number of likely N-dealkylation sites (tertiary alicyclic amines) is 1. The van der Waals surface area contributed by atoms with Crippen LogP contribution in [0.3, 0.4) is 0 Å². The van der Waals surface area contributed by atoms with Gasteiger partial charge in [0.25, 0.3) is 5.91 Å². The smallest absolute Gasteiger partial charge is 0.266 e. The average Bonchev–Trinajstić information content (AvgIpc) is 3.16. The minimum Gasteiger partial charge on any atom is -0.337 e. The fourth-order valence-corrected chi connectivity index (χ4v) is 4.71. The zero-order chi connectivity index (χ0) is 19.7. The molecule has 29 heavy (non-hydrogen) atoms. The molecule has 1 aliphatic heterocycles. The zero-order valence-electron chi connectivity index (χ0n) is 16.7. The van der Waals surface area contributed by atoms with Crippen molar-refractivity contribution in [1.82, 2.24) is 9.88 Å². The summed E-state index contributed by atoms with van der Waals surface area (Å²) in [7, 11) is 0. The Hall–Kier alpha value is -2.21. The van der Waals surface area contributed by atoms with Crippen molar-refractivity contribution in [2.45, 2.75) is 26.3 Å². The van der Waals surface area contributed by atoms with E-state index in [2.05, 4.69) is 13.8 Å². The number of carbonyl (C=O) groups excluding carboxylic acids is 1. The van der Waals surface area contributed by atoms with Gasteiger partial charge >= 0.3 is 0 Å². The van der Waals surface area contributed by atoms with Crippen LogP contribution in [-0.2, 0) is 0 Å². The lowest BCUT2D eigenvalue weighted by molar-refractivity contribution is 0.0538. The minimum absolute atomic E-state index is 0. The summed E-state index contributed by atoms with van der Waals surface area (Å²) in [6.07, 6.45) is 0.823. The van der Waals surface area contributed by atoms with E-state index in [1.165, 1.54) is 11.3 Å². The molecule has 1 aliphatic rings. The number of hydrogen-bond acceptors (Lipinski definition) is 4. The van der Waals surface area contributed by atoms with E-state index >= 15 is 0 Å². The van der Waals surface area contributed by atoms with Gasteiger partial charge in [-0.1, -0.05) is 74.5 Å². The number of nitrogens with zero attached hydrogens (tertiary/aromatic N) is 2. The highest BCUT2D eigenvalue weighted by Crippen LogP contribution is 2.36. The van der Waals surface area contributed by atoms with E-state index in [0.29, 0.717) is 18.0 Å². The molecule has 2 heterocycles. The quantitative estimate of drug-likeness (QED) is 0.632. The van der Waals surface area contributed by atoms with Crippen molar-refractivity contribution in [3.05, 3.63) is 65.5 Å². The van der Waals surface area contributed by atoms with Gasteiger partial charge in [0, 0.05) is 30.3 Å². The Bertz CT molecular complexity index is 972. The van der Waals surface area contributed by atoms with Gasteiger partial charge in [-0.05, 0) is 11.8 Å². The van der Waals surface area contributed by atoms with E-state index in [4.69, 9.17) is 10.7 Å². The highest BCUT2D eigenvalue weighted by molar-refractivity contribution is 7.17. The number of nitrogens with two attached hydrogens (primary N) is 1. The molecule has 0 saturated carbocycles. The Morgan fingerprint density at radius 2 is 1.66 bits per heavy atom. The molecular weight excluding hydrogens is 402 g/mol. The van der Waals surface area contributed by atoms with Crippen molar-refractivity contribution in [2.75, 3.05) is 13.1 Å². The van der Waals surface area contributed by atoms with Crippen LogP contribution in [-0.4, -0.2) is 34.9 Å². The molecule has 2 aromatic carbocycles. The third kappa shape index (κ3) is 4.37. The SMILES string of the molecule is CC1(C)CN(C(=O)c2sc(-c3ccccc3)nc2-c2ccccc2)CCC1N.Cl. The third-order valence-corrected chi connectivity index (χ3v) is 6.58. The van der Waals surface area contributed by atoms with Gasteiger partial charge in [0.1, 0.15) is 9.88 Å². The topological polar surface area (TPSA) is 59.2 Å². The van der Waals surface area contributed by atoms with E-state index in [1.807, 2.05) is 65.6 Å². The number of thiazole rings is 1. The number of hydrogen-bond donors (Lipinski definition) is 1. The van der Waals surface area contributed by atoms with Gasteiger partial charge in [0.15, 0.2) is 0 Å². The third-order valence-electron chi connectivity index (χ3n) is 5.49. The van der Waals surface area contributed by atoms with Crippen LogP contribution < -0.4 is 5.73 Å². The maximum Gasteiger partial charge on any atom is 0.266 e. The second-order valence-electron chi connectivity index (χ2n) is 8.04. The molecule has 1 fully saturated rings. The van der Waals surface area contributed by atoms with Crippen LogP contribution in [0, 0.1) is 5.41 Å². The van der Waals surface area contributed by atoms with Crippen LogP contribution in [0.5, 0.6) is 0 Å². The van der Waals surface area contributed by atoms with Crippen LogP contribution in [0.4, 0.5) is 0 Å². The molecule has 1 unspecified atom stereocenters. The van der Waals surface area contributed by atoms with E-state index in [9.17, 15) is 4.79 Å². The lowest BCUT2D eigenvalue weighted by Gasteiger charge is -2.42. The average molecular weight is 428 g/mol. The van der Waals surface area contributed by atoms with Gasteiger partial charge in [0.2, 0.25) is 0 Å². The summed E-state index contributed by atoms with van der Waals surface area (Å²) in [5.74, 6) is 0.0542. The molecule has 0 spiro atoms. The second-order valence-corrected chi connectivity index (χ2v) is 9.04. The summed E-state index contributed by atoms with van der Waals surface area (Å²) >= 11 is 1.48. The van der Waals surface area contributed by atoms with Crippen LogP contribution >= 0.6 is 23.7 Å². The molecule has 1 atom stereocenters. The van der Waals surface area contributed by atoms with Crippen molar-refractivity contribution in [1.29, 1.82) is 0 Å². The van der Waals surface area contributed by atoms with Crippen LogP contribution in [0.2, 0.25) is 0 Å². The number of piperidine rings is 1. The number of benzene rings is 2. The maximum atomic E-state index is 13.5. The largest absolute Gasteiger partial charge is 0.337 e. The second kappa shape index (κ2) is 8.66. The van der Waals surface area contributed by atoms with Gasteiger partial charge in [-0.15, -0.1) is 23.7 Å². The molecule has 0 aliphatic carbocycles. The molecule has 152 valence electrons. The lowest BCUT2D eigenvalue weighted by Crippen LogP contribution is -2.53. The van der Waals surface area contributed by atoms with Gasteiger partial charge in [-0.3, -0.25) is 4.79 Å². The first-order valence-electron chi connectivity index (χ1n) is 9.62. The van der Waals surface area contributed by atoms with Gasteiger partial charge < -0.3 is 10.6 Å². The van der Waals surface area contributed by atoms with Gasteiger partial charge in [0.05, 0.1) is 5.69 Å². The fourth-order valence-electron chi connectivity index (χ4n) is 3.65. The van der Waals surface area contributed by atoms with E-state index in [-0.39, 0.29) is 29.8 Å². The normalized spacial score (nSPS) is 18.2. The van der Waals surface area contributed by atoms with Crippen molar-refractivity contribution in [3.8, 4) is 21.8 Å². The molecule has 0 bridgehead atoms. The number of carbonyl (C=O) groups is 1. The summed E-state index contributed by atoms with van der Waals surface area (Å²) in [6, 6.07) is 20.1. The first kappa shape index (κ1) is 21.5. The summed E-state index contributed by atoms with van der Waals surface area (Å²) in [5.41, 5.74) is 8.95. The van der Waals surface area contributed by atoms with Gasteiger partial charge in [-0.25, -0.2) is 4.98 Å². The molecule has 6 heteroatoms. The Labute approximate surface area is 182 Å². The Morgan fingerprint density at radius 1 is 1.07 bits per heavy atom. The Morgan fingerprint density at radius 3 is 2.24 bits per heavy atom. The van der Waals surface area contributed by atoms with Crippen LogP contribution in [0.15, 0.2) is 60.7 Å². The molecule has 1 aromatic heterocycles. The van der Waals surface area contributed by atoms with Crippen LogP contribution in [0.25, 0.3) is 21.8 Å². The van der Waals surface area contributed by atoms with E-state index < -0.39 is 0 Å². The first-order valence-corrected chi connectivity index (χ1v) is 10.4. The number of amides is 1. The molecule has 3 aromatic rings. The fraction of sp³-hybridized carbons (Fsp3) is 0.304. The van der Waals surface area contributed by atoms with Crippen LogP contribution in [0.1, 0.15) is 29.9 Å².